The lowest BCUT2D eigenvalue weighted by atomic mass is 9.84. The van der Waals surface area contributed by atoms with Gasteiger partial charge in [-0.15, -0.1) is 0 Å². The summed E-state index contributed by atoms with van der Waals surface area (Å²) in [5.41, 5.74) is 0. The summed E-state index contributed by atoms with van der Waals surface area (Å²) in [5, 5.41) is 13.2. The topological polar surface area (TPSA) is 32.3 Å². The van der Waals surface area contributed by atoms with E-state index in [1.165, 1.54) is 45.1 Å². The van der Waals surface area contributed by atoms with Gasteiger partial charge in [0.25, 0.3) is 0 Å². The van der Waals surface area contributed by atoms with Crippen molar-refractivity contribution in [2.45, 2.75) is 70.4 Å². The molecule has 2 aliphatic rings. The van der Waals surface area contributed by atoms with Gasteiger partial charge in [-0.1, -0.05) is 19.8 Å². The Kier molecular flexibility index (Phi) is 4.66. The summed E-state index contributed by atoms with van der Waals surface area (Å²) < 4.78 is 0. The number of aliphatic hydroxyl groups excluding tert-OH is 1. The third kappa shape index (κ3) is 3.46. The predicted octanol–water partition coefficient (Wildman–Crippen LogP) is 2.71. The molecule has 2 fully saturated rings. The summed E-state index contributed by atoms with van der Waals surface area (Å²) in [7, 11) is 0. The smallest absolute Gasteiger partial charge is 0.0540 e. The van der Waals surface area contributed by atoms with Crippen LogP contribution in [-0.2, 0) is 0 Å². The van der Waals surface area contributed by atoms with Crippen molar-refractivity contribution < 1.29 is 5.11 Å². The van der Waals surface area contributed by atoms with Crippen LogP contribution < -0.4 is 5.32 Å². The van der Waals surface area contributed by atoms with Crippen LogP contribution in [-0.4, -0.2) is 23.8 Å². The van der Waals surface area contributed by atoms with Gasteiger partial charge in [0.2, 0.25) is 0 Å². The van der Waals surface area contributed by atoms with Crippen LogP contribution in [0.5, 0.6) is 0 Å². The minimum absolute atomic E-state index is 0.00939. The third-order valence-corrected chi connectivity index (χ3v) is 4.60. The summed E-state index contributed by atoms with van der Waals surface area (Å²) >= 11 is 0. The fourth-order valence-corrected chi connectivity index (χ4v) is 3.29. The van der Waals surface area contributed by atoms with Crippen molar-refractivity contribution in [3.05, 3.63) is 0 Å². The molecule has 0 radical (unpaired) electrons. The lowest BCUT2D eigenvalue weighted by molar-refractivity contribution is 0.106. The summed E-state index contributed by atoms with van der Waals surface area (Å²) in [6.07, 6.45) is 10.1. The monoisotopic (exact) mass is 225 g/mol. The molecule has 0 amide bonds. The van der Waals surface area contributed by atoms with Crippen LogP contribution in [0.1, 0.15) is 58.3 Å². The molecule has 2 N–H and O–H groups in total. The molecule has 2 atom stereocenters. The maximum atomic E-state index is 9.47. The zero-order valence-corrected chi connectivity index (χ0v) is 10.6. The fourth-order valence-electron chi connectivity index (χ4n) is 3.29. The molecule has 2 unspecified atom stereocenters. The van der Waals surface area contributed by atoms with Gasteiger partial charge in [0.05, 0.1) is 6.10 Å². The zero-order chi connectivity index (χ0) is 11.4. The summed E-state index contributed by atoms with van der Waals surface area (Å²) in [4.78, 5) is 0. The van der Waals surface area contributed by atoms with Crippen molar-refractivity contribution in [2.75, 3.05) is 6.54 Å². The maximum Gasteiger partial charge on any atom is 0.0540 e. The number of hydrogen-bond acceptors (Lipinski definition) is 2. The van der Waals surface area contributed by atoms with Crippen molar-refractivity contribution >= 4 is 0 Å². The van der Waals surface area contributed by atoms with Gasteiger partial charge in [0, 0.05) is 6.04 Å². The van der Waals surface area contributed by atoms with E-state index in [1.807, 2.05) is 0 Å². The van der Waals surface area contributed by atoms with Crippen molar-refractivity contribution in [3.63, 3.8) is 0 Å². The van der Waals surface area contributed by atoms with Crippen LogP contribution in [0.4, 0.5) is 0 Å². The Balaban J connectivity index is 1.66. The van der Waals surface area contributed by atoms with Crippen LogP contribution in [0.2, 0.25) is 0 Å². The average molecular weight is 225 g/mol. The molecule has 0 aromatic rings. The minimum Gasteiger partial charge on any atom is -0.393 e. The first-order valence-electron chi connectivity index (χ1n) is 7.17. The van der Waals surface area contributed by atoms with Gasteiger partial charge >= 0.3 is 0 Å². The van der Waals surface area contributed by atoms with E-state index in [0.29, 0.717) is 0 Å². The van der Waals surface area contributed by atoms with E-state index in [2.05, 4.69) is 12.2 Å². The number of aliphatic hydroxyl groups is 1. The number of rotatable bonds is 3. The molecular weight excluding hydrogens is 198 g/mol. The highest BCUT2D eigenvalue weighted by atomic mass is 16.3. The Morgan fingerprint density at radius 1 is 1.00 bits per heavy atom. The van der Waals surface area contributed by atoms with E-state index in [-0.39, 0.29) is 6.10 Å². The number of hydrogen-bond donors (Lipinski definition) is 2. The molecule has 16 heavy (non-hydrogen) atoms. The Bertz CT molecular complexity index is 199. The van der Waals surface area contributed by atoms with E-state index in [0.717, 1.165) is 30.7 Å². The first kappa shape index (κ1) is 12.4. The van der Waals surface area contributed by atoms with Gasteiger partial charge < -0.3 is 10.4 Å². The number of nitrogens with one attached hydrogen (secondary N) is 1. The first-order chi connectivity index (χ1) is 7.75. The standard InChI is InChI=1S/C14H27NO/c1-11-4-2-3-5-14(11)15-10-12-6-8-13(16)9-7-12/h11-16H,2-10H2,1H3. The van der Waals surface area contributed by atoms with Gasteiger partial charge in [-0.05, 0) is 56.9 Å². The molecule has 2 nitrogen and oxygen atoms in total. The molecule has 2 rings (SSSR count). The van der Waals surface area contributed by atoms with Crippen molar-refractivity contribution in [1.29, 1.82) is 0 Å². The molecule has 0 aromatic carbocycles. The van der Waals surface area contributed by atoms with E-state index in [1.54, 1.807) is 0 Å². The quantitative estimate of drug-likeness (QED) is 0.774. The van der Waals surface area contributed by atoms with Gasteiger partial charge in [0.15, 0.2) is 0 Å². The first-order valence-corrected chi connectivity index (χ1v) is 7.17. The lowest BCUT2D eigenvalue weighted by Crippen LogP contribution is -2.40. The highest BCUT2D eigenvalue weighted by Crippen LogP contribution is 2.26. The van der Waals surface area contributed by atoms with Crippen LogP contribution in [0, 0.1) is 11.8 Å². The molecule has 2 saturated carbocycles. The lowest BCUT2D eigenvalue weighted by Gasteiger charge is -2.32. The zero-order valence-electron chi connectivity index (χ0n) is 10.6. The van der Waals surface area contributed by atoms with Gasteiger partial charge in [0.1, 0.15) is 0 Å². The summed E-state index contributed by atoms with van der Waals surface area (Å²) in [6.45, 7) is 3.57. The Labute approximate surface area is 99.8 Å². The second kappa shape index (κ2) is 6.02. The van der Waals surface area contributed by atoms with Crippen molar-refractivity contribution in [3.8, 4) is 0 Å². The van der Waals surface area contributed by atoms with Crippen LogP contribution >= 0.6 is 0 Å². The molecule has 0 aliphatic heterocycles. The van der Waals surface area contributed by atoms with E-state index in [9.17, 15) is 5.11 Å². The molecule has 0 bridgehead atoms. The minimum atomic E-state index is -0.00939. The molecule has 2 heteroatoms. The highest BCUT2D eigenvalue weighted by molar-refractivity contribution is 4.80. The van der Waals surface area contributed by atoms with Crippen LogP contribution in [0.25, 0.3) is 0 Å². The van der Waals surface area contributed by atoms with Gasteiger partial charge in [-0.25, -0.2) is 0 Å². The van der Waals surface area contributed by atoms with Gasteiger partial charge in [-0.2, -0.15) is 0 Å². The normalized spacial score (nSPS) is 40.9. The molecule has 0 saturated heterocycles. The molecule has 0 spiro atoms. The second-order valence-corrected chi connectivity index (χ2v) is 5.95. The largest absolute Gasteiger partial charge is 0.393 e. The maximum absolute atomic E-state index is 9.47. The molecule has 0 heterocycles. The Morgan fingerprint density at radius 2 is 1.69 bits per heavy atom. The van der Waals surface area contributed by atoms with E-state index >= 15 is 0 Å². The molecule has 94 valence electrons. The second-order valence-electron chi connectivity index (χ2n) is 5.95. The highest BCUT2D eigenvalue weighted by Gasteiger charge is 2.23. The summed E-state index contributed by atoms with van der Waals surface area (Å²) in [6, 6.07) is 0.764. The molecule has 2 aliphatic carbocycles. The van der Waals surface area contributed by atoms with Crippen molar-refractivity contribution in [2.24, 2.45) is 11.8 Å². The van der Waals surface area contributed by atoms with Crippen LogP contribution in [0.3, 0.4) is 0 Å². The fraction of sp³-hybridized carbons (Fsp3) is 1.00. The Hall–Kier alpha value is -0.0800. The van der Waals surface area contributed by atoms with Crippen LogP contribution in [0.15, 0.2) is 0 Å². The summed E-state index contributed by atoms with van der Waals surface area (Å²) in [5.74, 6) is 1.68. The molecule has 0 aromatic heterocycles. The van der Waals surface area contributed by atoms with Gasteiger partial charge in [-0.3, -0.25) is 0 Å². The predicted molar refractivity (Wildman–Crippen MR) is 67.4 cm³/mol. The van der Waals surface area contributed by atoms with Crippen molar-refractivity contribution in [1.82, 2.24) is 5.32 Å². The molecular formula is C14H27NO. The van der Waals surface area contributed by atoms with E-state index < -0.39 is 0 Å². The third-order valence-electron chi connectivity index (χ3n) is 4.60. The Morgan fingerprint density at radius 3 is 2.38 bits per heavy atom. The van der Waals surface area contributed by atoms with E-state index in [4.69, 9.17) is 0 Å². The SMILES string of the molecule is CC1CCCCC1NCC1CCC(O)CC1. The average Bonchev–Trinajstić information content (AvgIpc) is 2.30.